The lowest BCUT2D eigenvalue weighted by Gasteiger charge is -2.31. The van der Waals surface area contributed by atoms with Crippen LogP contribution in [-0.4, -0.2) is 40.0 Å². The fraction of sp³-hybridized carbons (Fsp3) is 0.312. The summed E-state index contributed by atoms with van der Waals surface area (Å²) in [6.07, 6.45) is 4.76. The van der Waals surface area contributed by atoms with E-state index in [1.807, 2.05) is 0 Å². The fourth-order valence-corrected chi connectivity index (χ4v) is 2.99. The van der Waals surface area contributed by atoms with Gasteiger partial charge in [0.25, 0.3) is 5.91 Å². The van der Waals surface area contributed by atoms with Gasteiger partial charge in [-0.05, 0) is 24.3 Å². The van der Waals surface area contributed by atoms with Crippen molar-refractivity contribution in [2.75, 3.05) is 13.1 Å². The predicted octanol–water partition coefficient (Wildman–Crippen LogP) is 3.47. The van der Waals surface area contributed by atoms with Crippen LogP contribution in [0.2, 0.25) is 10.0 Å². The molecule has 0 aliphatic carbocycles. The summed E-state index contributed by atoms with van der Waals surface area (Å²) in [5.41, 5.74) is 0.474. The van der Waals surface area contributed by atoms with Gasteiger partial charge in [0.15, 0.2) is 0 Å². The van der Waals surface area contributed by atoms with Crippen LogP contribution >= 0.6 is 23.2 Å². The van der Waals surface area contributed by atoms with Crippen LogP contribution in [0.1, 0.15) is 23.2 Å². The van der Waals surface area contributed by atoms with E-state index in [1.165, 1.54) is 0 Å². The number of ether oxygens (including phenoxy) is 1. The first-order chi connectivity index (χ1) is 11.1. The lowest BCUT2D eigenvalue weighted by Crippen LogP contribution is -2.42. The highest BCUT2D eigenvalue weighted by Crippen LogP contribution is 2.24. The Morgan fingerprint density at radius 3 is 2.52 bits per heavy atom. The second-order valence-electron chi connectivity index (χ2n) is 5.26. The first-order valence-electron chi connectivity index (χ1n) is 7.31. The third-order valence-corrected chi connectivity index (χ3v) is 4.25. The number of carbonyl (C=O) groups is 1. The number of amides is 1. The lowest BCUT2D eigenvalue weighted by atomic mass is 10.1. The first-order valence-corrected chi connectivity index (χ1v) is 8.07. The van der Waals surface area contributed by atoms with Crippen molar-refractivity contribution in [2.45, 2.75) is 18.9 Å². The molecule has 5 nitrogen and oxygen atoms in total. The molecule has 0 spiro atoms. The average molecular weight is 352 g/mol. The summed E-state index contributed by atoms with van der Waals surface area (Å²) in [4.78, 5) is 22.4. The number of hydrogen-bond acceptors (Lipinski definition) is 4. The molecule has 0 atom stereocenters. The van der Waals surface area contributed by atoms with Crippen molar-refractivity contribution >= 4 is 29.1 Å². The maximum atomic E-state index is 12.5. The molecule has 2 aromatic rings. The molecular formula is C16H15Cl2N3O2. The van der Waals surface area contributed by atoms with Crippen LogP contribution in [0.4, 0.5) is 0 Å². The number of halogens is 2. The monoisotopic (exact) mass is 351 g/mol. The Kier molecular flexibility index (Phi) is 4.98. The number of rotatable bonds is 3. The lowest BCUT2D eigenvalue weighted by molar-refractivity contribution is 0.0579. The topological polar surface area (TPSA) is 55.3 Å². The van der Waals surface area contributed by atoms with Crippen molar-refractivity contribution in [1.82, 2.24) is 14.9 Å². The van der Waals surface area contributed by atoms with Crippen molar-refractivity contribution in [1.29, 1.82) is 0 Å². The molecule has 1 aliphatic rings. The molecule has 0 saturated carbocycles. The number of aromatic nitrogens is 2. The third-order valence-electron chi connectivity index (χ3n) is 3.70. The second-order valence-corrected chi connectivity index (χ2v) is 6.11. The van der Waals surface area contributed by atoms with Gasteiger partial charge in [0.05, 0.1) is 10.6 Å². The minimum Gasteiger partial charge on any atom is -0.460 e. The van der Waals surface area contributed by atoms with E-state index in [2.05, 4.69) is 9.97 Å². The van der Waals surface area contributed by atoms with Gasteiger partial charge in [0.2, 0.25) is 0 Å². The molecule has 1 saturated heterocycles. The summed E-state index contributed by atoms with van der Waals surface area (Å²) in [7, 11) is 0. The maximum absolute atomic E-state index is 12.5. The van der Waals surface area contributed by atoms with Gasteiger partial charge in [-0.1, -0.05) is 23.2 Å². The van der Waals surface area contributed by atoms with E-state index >= 15 is 0 Å². The Morgan fingerprint density at radius 2 is 1.87 bits per heavy atom. The van der Waals surface area contributed by atoms with Gasteiger partial charge in [-0.25, -0.2) is 9.97 Å². The van der Waals surface area contributed by atoms with Gasteiger partial charge >= 0.3 is 6.01 Å². The fourth-order valence-electron chi connectivity index (χ4n) is 2.51. The molecule has 1 aliphatic heterocycles. The van der Waals surface area contributed by atoms with Crippen LogP contribution in [0.3, 0.4) is 0 Å². The summed E-state index contributed by atoms with van der Waals surface area (Å²) < 4.78 is 5.72. The number of nitrogens with zero attached hydrogens (tertiary/aromatic N) is 3. The quantitative estimate of drug-likeness (QED) is 0.849. The second kappa shape index (κ2) is 7.15. The first kappa shape index (κ1) is 16.0. The normalized spacial score (nSPS) is 15.5. The highest BCUT2D eigenvalue weighted by Gasteiger charge is 2.26. The van der Waals surface area contributed by atoms with Gasteiger partial charge in [0.1, 0.15) is 6.10 Å². The van der Waals surface area contributed by atoms with E-state index in [9.17, 15) is 4.79 Å². The number of hydrogen-bond donors (Lipinski definition) is 0. The predicted molar refractivity (Wildman–Crippen MR) is 88.0 cm³/mol. The molecule has 3 rings (SSSR count). The van der Waals surface area contributed by atoms with Crippen molar-refractivity contribution in [3.05, 3.63) is 52.3 Å². The molecule has 0 radical (unpaired) electrons. The van der Waals surface area contributed by atoms with E-state index in [4.69, 9.17) is 27.9 Å². The Morgan fingerprint density at radius 1 is 1.17 bits per heavy atom. The Labute approximate surface area is 144 Å². The average Bonchev–Trinajstić information content (AvgIpc) is 2.56. The molecule has 1 aromatic heterocycles. The Bertz CT molecular complexity index is 689. The minimum atomic E-state index is -0.0823. The largest absolute Gasteiger partial charge is 0.460 e. The minimum absolute atomic E-state index is 0.0159. The number of likely N-dealkylation sites (tertiary alicyclic amines) is 1. The molecular weight excluding hydrogens is 337 g/mol. The maximum Gasteiger partial charge on any atom is 0.316 e. The number of benzene rings is 1. The Balaban J connectivity index is 1.59. The van der Waals surface area contributed by atoms with Crippen molar-refractivity contribution < 1.29 is 9.53 Å². The van der Waals surface area contributed by atoms with Crippen LogP contribution in [0.15, 0.2) is 36.7 Å². The van der Waals surface area contributed by atoms with Crippen LogP contribution in [0.25, 0.3) is 0 Å². The standard InChI is InChI=1S/C16H15Cl2N3O2/c17-11-2-3-13(14(18)10-11)15(22)21-8-4-12(5-9-21)23-16-19-6-1-7-20-16/h1-3,6-7,10,12H,4-5,8-9H2. The molecule has 2 heterocycles. The van der Waals surface area contributed by atoms with E-state index < -0.39 is 0 Å². The van der Waals surface area contributed by atoms with Gasteiger partial charge in [-0.3, -0.25) is 4.79 Å². The Hall–Kier alpha value is -1.85. The van der Waals surface area contributed by atoms with E-state index in [1.54, 1.807) is 41.6 Å². The molecule has 0 bridgehead atoms. The molecule has 0 N–H and O–H groups in total. The number of carbonyl (C=O) groups excluding carboxylic acids is 1. The zero-order valence-electron chi connectivity index (χ0n) is 12.3. The van der Waals surface area contributed by atoms with E-state index in [0.717, 1.165) is 12.8 Å². The van der Waals surface area contributed by atoms with Gasteiger partial charge in [-0.15, -0.1) is 0 Å². The molecule has 7 heteroatoms. The van der Waals surface area contributed by atoms with E-state index in [-0.39, 0.29) is 12.0 Å². The number of piperidine rings is 1. The molecule has 120 valence electrons. The zero-order chi connectivity index (χ0) is 16.2. The molecule has 23 heavy (non-hydrogen) atoms. The van der Waals surface area contributed by atoms with Gasteiger partial charge in [-0.2, -0.15) is 0 Å². The third kappa shape index (κ3) is 3.92. The zero-order valence-corrected chi connectivity index (χ0v) is 13.8. The van der Waals surface area contributed by atoms with Crippen molar-refractivity contribution in [2.24, 2.45) is 0 Å². The summed E-state index contributed by atoms with van der Waals surface area (Å²) in [6, 6.07) is 7.03. The molecule has 0 unspecified atom stereocenters. The molecule has 1 fully saturated rings. The molecule has 1 amide bonds. The van der Waals surface area contributed by atoms with Crippen LogP contribution in [-0.2, 0) is 0 Å². The highest BCUT2D eigenvalue weighted by molar-refractivity contribution is 6.36. The highest BCUT2D eigenvalue weighted by atomic mass is 35.5. The summed E-state index contributed by atoms with van der Waals surface area (Å²) in [5.74, 6) is -0.0823. The van der Waals surface area contributed by atoms with E-state index in [0.29, 0.717) is 34.7 Å². The summed E-state index contributed by atoms with van der Waals surface area (Å²) in [5, 5.41) is 0.889. The van der Waals surface area contributed by atoms with Crippen LogP contribution < -0.4 is 4.74 Å². The SMILES string of the molecule is O=C(c1ccc(Cl)cc1Cl)N1CCC(Oc2ncccn2)CC1. The van der Waals surface area contributed by atoms with Gasteiger partial charge in [0, 0.05) is 43.3 Å². The molecule has 1 aromatic carbocycles. The smallest absolute Gasteiger partial charge is 0.316 e. The van der Waals surface area contributed by atoms with Crippen molar-refractivity contribution in [3.8, 4) is 6.01 Å². The van der Waals surface area contributed by atoms with Gasteiger partial charge < -0.3 is 9.64 Å². The summed E-state index contributed by atoms with van der Waals surface area (Å²) in [6.45, 7) is 1.21. The van der Waals surface area contributed by atoms with Crippen molar-refractivity contribution in [3.63, 3.8) is 0 Å². The van der Waals surface area contributed by atoms with Crippen LogP contribution in [0, 0.1) is 0 Å². The van der Waals surface area contributed by atoms with Crippen LogP contribution in [0.5, 0.6) is 6.01 Å². The summed E-state index contributed by atoms with van der Waals surface area (Å²) >= 11 is 12.0.